The molecule has 288 valence electrons. The second-order valence-electron chi connectivity index (χ2n) is 4.25. The van der Waals surface area contributed by atoms with Gasteiger partial charge < -0.3 is 39.2 Å². The van der Waals surface area contributed by atoms with E-state index < -0.39 is 19.2 Å². The van der Waals surface area contributed by atoms with Crippen molar-refractivity contribution in [2.75, 3.05) is 42.7 Å². The molecule has 0 aromatic heterocycles. The lowest BCUT2D eigenvalue weighted by atomic mass is 9.99. The minimum Gasteiger partial charge on any atom is -0.491 e. The number of carbonyl (C=O) groups is 3. The molecule has 0 aliphatic rings. The van der Waals surface area contributed by atoms with E-state index in [1.54, 1.807) is 14.0 Å². The second-order valence-corrected chi connectivity index (χ2v) is 4.82. The molecule has 0 rings (SSSR count). The summed E-state index contributed by atoms with van der Waals surface area (Å²) in [5.74, 6) is -1.32. The van der Waals surface area contributed by atoms with E-state index in [-0.39, 0.29) is 11.9 Å². The summed E-state index contributed by atoms with van der Waals surface area (Å²) in [6.45, 7) is 31.5. The van der Waals surface area contributed by atoms with Crippen LogP contribution in [0.5, 0.6) is 0 Å². The first-order valence-corrected chi connectivity index (χ1v) is 14.7. The molecular weight excluding hydrogens is 624 g/mol. The number of aliphatic hydroxyl groups excluding tert-OH is 1. The Morgan fingerprint density at radius 1 is 0.622 bits per heavy atom. The van der Waals surface area contributed by atoms with Gasteiger partial charge in [-0.15, -0.1) is 0 Å². The Labute approximate surface area is 282 Å². The average Bonchev–Trinajstić information content (AvgIpc) is 3.05. The van der Waals surface area contributed by atoms with Gasteiger partial charge in [0.2, 0.25) is 0 Å². The highest BCUT2D eigenvalue weighted by molar-refractivity contribution is 7.80. The number of carbonyl (C=O) groups excluding carboxylic acids is 2. The SMILES string of the molecule is CB(O)O.CC.CC.CC.CC.CC.CC.CC(=O)O.CF.CO.COC(C)(F)F.COC(C)=O.COC(C)=O.COC(C)=S. The van der Waals surface area contributed by atoms with E-state index >= 15 is 0 Å². The van der Waals surface area contributed by atoms with Crippen molar-refractivity contribution in [2.45, 2.75) is 131 Å². The summed E-state index contributed by atoms with van der Waals surface area (Å²) in [5, 5.41) is 30.2. The van der Waals surface area contributed by atoms with E-state index in [9.17, 15) is 22.8 Å². The number of esters is 2. The first-order valence-electron chi connectivity index (χ1n) is 14.3. The number of rotatable bonds is 1. The molecule has 0 aliphatic heterocycles. The molecule has 45 heavy (non-hydrogen) atoms. The summed E-state index contributed by atoms with van der Waals surface area (Å²) in [6, 6.07) is 0. The summed E-state index contributed by atoms with van der Waals surface area (Å²) in [4.78, 5) is 28.2. The third-order valence-corrected chi connectivity index (χ3v) is 1.39. The third kappa shape index (κ3) is 1370. The lowest BCUT2D eigenvalue weighted by Crippen LogP contribution is -2.10. The molecule has 0 atom stereocenters. The average molecular weight is 701 g/mol. The van der Waals surface area contributed by atoms with Crippen LogP contribution < -0.4 is 0 Å². The largest absolute Gasteiger partial charge is 0.491 e. The van der Waals surface area contributed by atoms with Gasteiger partial charge in [0.15, 0.2) is 5.05 Å². The molecule has 0 aliphatic carbocycles. The molecule has 0 spiro atoms. The number of aliphatic hydroxyl groups is 1. The van der Waals surface area contributed by atoms with Gasteiger partial charge in [0.05, 0.1) is 28.5 Å². The van der Waals surface area contributed by atoms with Gasteiger partial charge in [-0.1, -0.05) is 83.1 Å². The number of methoxy groups -OCH3 is 4. The van der Waals surface area contributed by atoms with Gasteiger partial charge in [-0.3, -0.25) is 18.8 Å². The number of aliphatic carboxylic acids is 1. The van der Waals surface area contributed by atoms with E-state index in [0.717, 1.165) is 21.1 Å². The van der Waals surface area contributed by atoms with E-state index in [1.807, 2.05) is 83.1 Å². The fourth-order valence-corrected chi connectivity index (χ4v) is 0. The second kappa shape index (κ2) is 133. The van der Waals surface area contributed by atoms with Gasteiger partial charge in [-0.2, -0.15) is 8.78 Å². The molecule has 0 amide bonds. The van der Waals surface area contributed by atoms with Gasteiger partial charge >= 0.3 is 25.2 Å². The minimum absolute atomic E-state index is 0.245. The van der Waals surface area contributed by atoms with Crippen molar-refractivity contribution in [3.8, 4) is 0 Å². The van der Waals surface area contributed by atoms with E-state index in [0.29, 0.717) is 19.2 Å². The van der Waals surface area contributed by atoms with Crippen molar-refractivity contribution in [2.24, 2.45) is 0 Å². The maximum absolute atomic E-state index is 11.2. The highest BCUT2D eigenvalue weighted by Crippen LogP contribution is 2.09. The molecule has 0 unspecified atom stereocenters. The number of alkyl halides is 3. The number of hydrogen-bond donors (Lipinski definition) is 4. The topological polar surface area (TPSA) is 169 Å². The quantitative estimate of drug-likeness (QED) is 0.118. The van der Waals surface area contributed by atoms with Crippen molar-refractivity contribution < 1.29 is 66.8 Å². The predicted octanol–water partition coefficient (Wildman–Crippen LogP) is 8.12. The maximum Gasteiger partial charge on any atom is 0.448 e. The smallest absolute Gasteiger partial charge is 0.448 e. The number of ether oxygens (including phenoxy) is 4. The fraction of sp³-hybridized carbons (Fsp3) is 0.862. The van der Waals surface area contributed by atoms with Crippen LogP contribution >= 0.6 is 12.2 Å². The number of hydrogen-bond acceptors (Lipinski definition) is 11. The van der Waals surface area contributed by atoms with Crippen molar-refractivity contribution in [3.63, 3.8) is 0 Å². The van der Waals surface area contributed by atoms with Gasteiger partial charge in [0.1, 0.15) is 0 Å². The molecule has 0 fully saturated rings. The lowest BCUT2D eigenvalue weighted by Gasteiger charge is -2.03. The minimum atomic E-state index is -2.96. The molecule has 0 radical (unpaired) electrons. The Morgan fingerprint density at radius 3 is 0.689 bits per heavy atom. The Hall–Kier alpha value is -2.01. The molecule has 0 heterocycles. The van der Waals surface area contributed by atoms with Crippen LogP contribution in [0.1, 0.15) is 118 Å². The van der Waals surface area contributed by atoms with Crippen LogP contribution in [-0.2, 0) is 33.3 Å². The normalized spacial score (nSPS) is 6.09. The number of carboxylic acids is 1. The molecule has 0 aromatic rings. The fourth-order valence-electron chi connectivity index (χ4n) is 0. The standard InChI is InChI=1S/C3H6F2O.2C3H6O2.C3H6OS.C2H4O2.6C2H6.CH5BO2.CH3F.CH4O/c1-3(4,5)6-2;2*1-3(4)5-2;1-3(5)4-2;1-2(3)4;6*1-2;1-2(3)4;2*1-2/h1-2H3;3*1-2H3;1H3,(H,3,4);6*1-2H3;3-4H,1H3;1H3;2H,1H3. The van der Waals surface area contributed by atoms with Crippen LogP contribution in [0.4, 0.5) is 13.2 Å². The van der Waals surface area contributed by atoms with Crippen LogP contribution in [0.25, 0.3) is 0 Å². The van der Waals surface area contributed by atoms with Crippen LogP contribution in [0.2, 0.25) is 6.82 Å². The van der Waals surface area contributed by atoms with E-state index in [4.69, 9.17) is 25.1 Å². The molecule has 16 heteroatoms. The van der Waals surface area contributed by atoms with Crippen molar-refractivity contribution >= 4 is 42.3 Å². The highest BCUT2D eigenvalue weighted by Gasteiger charge is 2.17. The molecule has 0 bridgehead atoms. The molecule has 11 nitrogen and oxygen atoms in total. The van der Waals surface area contributed by atoms with Gasteiger partial charge in [-0.25, -0.2) is 0 Å². The van der Waals surface area contributed by atoms with Crippen molar-refractivity contribution in [3.05, 3.63) is 0 Å². The number of carboxylic acid groups (broad SMARTS) is 1. The molecule has 0 aromatic carbocycles. The van der Waals surface area contributed by atoms with Gasteiger partial charge in [0, 0.05) is 48.8 Å². The molecule has 0 saturated heterocycles. The Morgan fingerprint density at radius 2 is 0.689 bits per heavy atom. The molecule has 4 N–H and O–H groups in total. The van der Waals surface area contributed by atoms with Crippen molar-refractivity contribution in [1.29, 1.82) is 0 Å². The summed E-state index contributed by atoms with van der Waals surface area (Å²) in [7, 11) is 5.55. The van der Waals surface area contributed by atoms with Crippen molar-refractivity contribution in [1.82, 2.24) is 0 Å². The lowest BCUT2D eigenvalue weighted by molar-refractivity contribution is -0.205. The summed E-state index contributed by atoms with van der Waals surface area (Å²) in [6.07, 6.45) is -2.96. The molecular formula is C29H76BF3O11S. The first kappa shape index (κ1) is 90.2. The summed E-state index contributed by atoms with van der Waals surface area (Å²) < 4.78 is 48.3. The van der Waals surface area contributed by atoms with Crippen LogP contribution in [-0.4, -0.2) is 99.2 Å². The summed E-state index contributed by atoms with van der Waals surface area (Å²) in [5.41, 5.74) is 0. The third-order valence-electron chi connectivity index (χ3n) is 1.22. The first-order chi connectivity index (χ1) is 20.8. The monoisotopic (exact) mass is 701 g/mol. The van der Waals surface area contributed by atoms with Crippen LogP contribution in [0, 0.1) is 0 Å². The number of halogens is 3. The highest BCUT2D eigenvalue weighted by atomic mass is 32.1. The number of thiocarbonyl (C=S) groups is 1. The van der Waals surface area contributed by atoms with E-state index in [1.165, 1.54) is 34.9 Å². The maximum atomic E-state index is 11.2. The van der Waals surface area contributed by atoms with Gasteiger partial charge in [-0.05, 0) is 19.0 Å². The van der Waals surface area contributed by atoms with Gasteiger partial charge in [0.25, 0.3) is 5.97 Å². The zero-order valence-electron chi connectivity index (χ0n) is 33.3. The Balaban J connectivity index is -0.0000000196. The Bertz CT molecular complexity index is 381. The zero-order chi connectivity index (χ0) is 41.2. The predicted molar refractivity (Wildman–Crippen MR) is 191 cm³/mol. The van der Waals surface area contributed by atoms with Crippen LogP contribution in [0.15, 0.2) is 0 Å². The summed E-state index contributed by atoms with van der Waals surface area (Å²) >= 11 is 4.47. The Kier molecular flexibility index (Phi) is 268. The van der Waals surface area contributed by atoms with E-state index in [2.05, 4.69) is 31.2 Å². The molecule has 0 saturated carbocycles. The van der Waals surface area contributed by atoms with Crippen LogP contribution in [0.3, 0.4) is 0 Å². The zero-order valence-corrected chi connectivity index (χ0v) is 34.1.